The number of amides is 2. The number of likely N-dealkylation sites (tertiary alicyclic amines) is 1. The lowest BCUT2D eigenvalue weighted by atomic mass is 9.97. The fraction of sp³-hybridized carbons (Fsp3) is 0.348. The van der Waals surface area contributed by atoms with Crippen LogP contribution in [0.4, 0.5) is 10.2 Å². The standard InChI is InChI=1S/C23H27FN8O2/c1-13-7-15(8-14(2)19(13)23(34)27-4-6-31-5-3-17(24)12-31)18-10-28-20(25)22(30-18)32-11-16(9-29-32)21(26)33/h7-11,17H,3-6,12H2,1-2H3,(H2,25,28)(H2,26,33)(H,27,34)/t17-/m1/s1. The van der Waals surface area contributed by atoms with Crippen LogP contribution in [0.2, 0.25) is 0 Å². The summed E-state index contributed by atoms with van der Waals surface area (Å²) in [5, 5.41) is 7.03. The van der Waals surface area contributed by atoms with Gasteiger partial charge in [0, 0.05) is 43.5 Å². The molecular formula is C23H27FN8O2. The number of nitrogens with two attached hydrogens (primary N) is 2. The van der Waals surface area contributed by atoms with Crippen LogP contribution in [0.25, 0.3) is 17.1 Å². The van der Waals surface area contributed by atoms with E-state index < -0.39 is 12.1 Å². The Morgan fingerprint density at radius 2 is 1.97 bits per heavy atom. The van der Waals surface area contributed by atoms with Crippen molar-refractivity contribution in [3.8, 4) is 17.1 Å². The Morgan fingerprint density at radius 1 is 1.24 bits per heavy atom. The average molecular weight is 467 g/mol. The number of nitrogens with one attached hydrogen (secondary N) is 1. The maximum absolute atomic E-state index is 13.3. The molecule has 0 spiro atoms. The summed E-state index contributed by atoms with van der Waals surface area (Å²) in [6, 6.07) is 3.72. The number of hydrogen-bond donors (Lipinski definition) is 3. The molecule has 3 aromatic rings. The molecule has 0 unspecified atom stereocenters. The number of benzene rings is 1. The molecular weight excluding hydrogens is 439 g/mol. The van der Waals surface area contributed by atoms with Crippen molar-refractivity contribution in [3.63, 3.8) is 0 Å². The summed E-state index contributed by atoms with van der Waals surface area (Å²) < 4.78 is 14.7. The van der Waals surface area contributed by atoms with Gasteiger partial charge < -0.3 is 16.8 Å². The third-order valence-corrected chi connectivity index (χ3v) is 5.85. The van der Waals surface area contributed by atoms with Gasteiger partial charge in [-0.05, 0) is 43.5 Å². The molecule has 1 aromatic carbocycles. The summed E-state index contributed by atoms with van der Waals surface area (Å²) in [7, 11) is 0. The van der Waals surface area contributed by atoms with E-state index in [0.717, 1.165) is 23.2 Å². The Kier molecular flexibility index (Phi) is 6.55. The fourth-order valence-electron chi connectivity index (χ4n) is 4.14. The Balaban J connectivity index is 1.53. The molecule has 34 heavy (non-hydrogen) atoms. The minimum absolute atomic E-state index is 0.143. The minimum Gasteiger partial charge on any atom is -0.381 e. The second-order valence-electron chi connectivity index (χ2n) is 8.43. The highest BCUT2D eigenvalue weighted by atomic mass is 19.1. The summed E-state index contributed by atoms with van der Waals surface area (Å²) in [6.45, 7) is 5.94. The normalized spacial score (nSPS) is 16.0. The molecule has 4 rings (SSSR count). The zero-order valence-electron chi connectivity index (χ0n) is 19.1. The molecule has 2 amide bonds. The zero-order valence-corrected chi connectivity index (χ0v) is 19.1. The predicted molar refractivity (Wildman–Crippen MR) is 125 cm³/mol. The first-order valence-electron chi connectivity index (χ1n) is 11.0. The number of rotatable bonds is 7. The van der Waals surface area contributed by atoms with E-state index in [0.29, 0.717) is 37.3 Å². The van der Waals surface area contributed by atoms with Crippen LogP contribution in [0.1, 0.15) is 38.3 Å². The highest BCUT2D eigenvalue weighted by Crippen LogP contribution is 2.26. The lowest BCUT2D eigenvalue weighted by molar-refractivity contribution is 0.0947. The molecule has 10 nitrogen and oxygen atoms in total. The van der Waals surface area contributed by atoms with Crippen molar-refractivity contribution in [2.45, 2.75) is 26.4 Å². The first-order valence-corrected chi connectivity index (χ1v) is 11.0. The maximum atomic E-state index is 13.3. The van der Waals surface area contributed by atoms with Crippen molar-refractivity contribution in [2.75, 3.05) is 31.9 Å². The molecule has 1 aliphatic rings. The van der Waals surface area contributed by atoms with E-state index >= 15 is 0 Å². The van der Waals surface area contributed by atoms with Crippen molar-refractivity contribution in [2.24, 2.45) is 5.73 Å². The van der Waals surface area contributed by atoms with Crippen LogP contribution in [0, 0.1) is 13.8 Å². The van der Waals surface area contributed by atoms with Gasteiger partial charge in [-0.15, -0.1) is 0 Å². The highest BCUT2D eigenvalue weighted by molar-refractivity contribution is 5.97. The van der Waals surface area contributed by atoms with Gasteiger partial charge in [-0.2, -0.15) is 5.10 Å². The SMILES string of the molecule is Cc1cc(-c2cnc(N)c(-n3cc(C(N)=O)cn3)n2)cc(C)c1C(=O)NCCN1CC[C@@H](F)C1. The molecule has 1 aliphatic heterocycles. The molecule has 1 saturated heterocycles. The fourth-order valence-corrected chi connectivity index (χ4v) is 4.14. The van der Waals surface area contributed by atoms with Crippen molar-refractivity contribution in [3.05, 3.63) is 53.0 Å². The number of aryl methyl sites for hydroxylation is 2. The van der Waals surface area contributed by atoms with E-state index in [-0.39, 0.29) is 23.1 Å². The number of halogens is 1. The number of aromatic nitrogens is 4. The van der Waals surface area contributed by atoms with Crippen molar-refractivity contribution >= 4 is 17.6 Å². The van der Waals surface area contributed by atoms with E-state index in [9.17, 15) is 14.0 Å². The van der Waals surface area contributed by atoms with Gasteiger partial charge >= 0.3 is 0 Å². The van der Waals surface area contributed by atoms with Gasteiger partial charge in [-0.3, -0.25) is 14.5 Å². The molecule has 2 aromatic heterocycles. The number of carbonyl (C=O) groups is 2. The number of carbonyl (C=O) groups excluding carboxylic acids is 2. The van der Waals surface area contributed by atoms with Crippen LogP contribution >= 0.6 is 0 Å². The predicted octanol–water partition coefficient (Wildman–Crippen LogP) is 1.40. The van der Waals surface area contributed by atoms with Crippen LogP contribution in [0.15, 0.2) is 30.7 Å². The molecule has 11 heteroatoms. The van der Waals surface area contributed by atoms with E-state index in [2.05, 4.69) is 20.4 Å². The van der Waals surface area contributed by atoms with Gasteiger partial charge in [-0.25, -0.2) is 19.0 Å². The zero-order chi connectivity index (χ0) is 24.4. The second-order valence-corrected chi connectivity index (χ2v) is 8.43. The third kappa shape index (κ3) is 4.88. The van der Waals surface area contributed by atoms with Crippen molar-refractivity contribution in [1.29, 1.82) is 0 Å². The molecule has 0 bridgehead atoms. The lowest BCUT2D eigenvalue weighted by Gasteiger charge is -2.16. The van der Waals surface area contributed by atoms with Gasteiger partial charge in [0.1, 0.15) is 6.17 Å². The first-order chi connectivity index (χ1) is 16.2. The quantitative estimate of drug-likeness (QED) is 0.477. The molecule has 0 saturated carbocycles. The van der Waals surface area contributed by atoms with Crippen molar-refractivity contribution < 1.29 is 14.0 Å². The van der Waals surface area contributed by atoms with Gasteiger partial charge in [0.2, 0.25) is 0 Å². The number of alkyl halides is 1. The Labute approximate surface area is 196 Å². The molecule has 178 valence electrons. The Bertz CT molecular complexity index is 1220. The molecule has 1 atom stereocenters. The number of anilines is 1. The lowest BCUT2D eigenvalue weighted by Crippen LogP contribution is -2.34. The van der Waals surface area contributed by atoms with Crippen LogP contribution in [-0.4, -0.2) is 68.8 Å². The number of hydrogen-bond acceptors (Lipinski definition) is 7. The monoisotopic (exact) mass is 466 g/mol. The average Bonchev–Trinajstić information content (AvgIpc) is 3.43. The topological polar surface area (TPSA) is 145 Å². The largest absolute Gasteiger partial charge is 0.381 e. The first kappa shape index (κ1) is 23.3. The highest BCUT2D eigenvalue weighted by Gasteiger charge is 2.22. The van der Waals surface area contributed by atoms with Crippen molar-refractivity contribution in [1.82, 2.24) is 30.0 Å². The summed E-state index contributed by atoms with van der Waals surface area (Å²) >= 11 is 0. The molecule has 0 radical (unpaired) electrons. The summed E-state index contributed by atoms with van der Waals surface area (Å²) in [5.74, 6) is -0.373. The molecule has 5 N–H and O–H groups in total. The smallest absolute Gasteiger partial charge is 0.251 e. The van der Waals surface area contributed by atoms with Gasteiger partial charge in [0.05, 0.1) is 23.7 Å². The van der Waals surface area contributed by atoms with E-state index in [1.165, 1.54) is 17.1 Å². The Hall–Kier alpha value is -3.86. The van der Waals surface area contributed by atoms with Gasteiger partial charge in [0.25, 0.3) is 11.8 Å². The maximum Gasteiger partial charge on any atom is 0.251 e. The van der Waals surface area contributed by atoms with Gasteiger partial charge in [0.15, 0.2) is 11.6 Å². The summed E-state index contributed by atoms with van der Waals surface area (Å²) in [4.78, 5) is 35.0. The summed E-state index contributed by atoms with van der Waals surface area (Å²) in [6.07, 6.45) is 4.09. The van der Waals surface area contributed by atoms with Crippen LogP contribution in [0.3, 0.4) is 0 Å². The minimum atomic E-state index is -0.775. The Morgan fingerprint density at radius 3 is 2.59 bits per heavy atom. The van der Waals surface area contributed by atoms with Crippen LogP contribution in [-0.2, 0) is 0 Å². The van der Waals surface area contributed by atoms with Gasteiger partial charge in [-0.1, -0.05) is 0 Å². The van der Waals surface area contributed by atoms with E-state index in [1.807, 2.05) is 30.9 Å². The molecule has 0 aliphatic carbocycles. The van der Waals surface area contributed by atoms with Crippen LogP contribution in [0.5, 0.6) is 0 Å². The van der Waals surface area contributed by atoms with E-state index in [1.54, 1.807) is 6.20 Å². The number of nitrogens with zero attached hydrogens (tertiary/aromatic N) is 5. The molecule has 1 fully saturated rings. The molecule has 3 heterocycles. The third-order valence-electron chi connectivity index (χ3n) is 5.85. The number of nitrogen functional groups attached to an aromatic ring is 1. The second kappa shape index (κ2) is 9.56. The summed E-state index contributed by atoms with van der Waals surface area (Å²) in [5.41, 5.74) is 15.0. The van der Waals surface area contributed by atoms with Crippen LogP contribution < -0.4 is 16.8 Å². The van der Waals surface area contributed by atoms with E-state index in [4.69, 9.17) is 11.5 Å². The number of primary amides is 1.